The van der Waals surface area contributed by atoms with Gasteiger partial charge in [-0.1, -0.05) is 30.3 Å². The van der Waals surface area contributed by atoms with Gasteiger partial charge in [-0.05, 0) is 18.6 Å². The molecule has 1 aromatic carbocycles. The van der Waals surface area contributed by atoms with Crippen molar-refractivity contribution in [1.82, 2.24) is 20.1 Å². The van der Waals surface area contributed by atoms with Crippen LogP contribution in [-0.2, 0) is 17.8 Å². The minimum Gasteiger partial charge on any atom is -0.347 e. The van der Waals surface area contributed by atoms with Crippen LogP contribution < -0.4 is 5.32 Å². The summed E-state index contributed by atoms with van der Waals surface area (Å²) in [5.41, 5.74) is 1.88. The van der Waals surface area contributed by atoms with E-state index in [9.17, 15) is 4.79 Å². The van der Waals surface area contributed by atoms with Crippen molar-refractivity contribution in [2.45, 2.75) is 25.9 Å². The van der Waals surface area contributed by atoms with Crippen LogP contribution >= 0.6 is 11.3 Å². The molecule has 0 aliphatic carbocycles. The fourth-order valence-corrected chi connectivity index (χ4v) is 3.03. The first-order valence-electron chi connectivity index (χ1n) is 7.43. The Morgan fingerprint density at radius 1 is 1.30 bits per heavy atom. The number of hydrogen-bond acceptors (Lipinski definition) is 4. The number of carbonyl (C=O) groups excluding carboxylic acids is 1. The third kappa shape index (κ3) is 4.26. The standard InChI is InChI=1S/C17H18N4OS/c1-13-19-15(12-23-13)10-17(22)20-16(11-21-9-5-8-18-21)14-6-3-2-4-7-14/h2-9,12,16H,10-11H2,1H3,(H,20,22)/t16-/m1/s1. The molecule has 6 heteroatoms. The van der Waals surface area contributed by atoms with Crippen LogP contribution in [0.5, 0.6) is 0 Å². The van der Waals surface area contributed by atoms with Crippen LogP contribution in [0.1, 0.15) is 22.3 Å². The van der Waals surface area contributed by atoms with Gasteiger partial charge in [-0.2, -0.15) is 5.10 Å². The molecule has 0 saturated heterocycles. The lowest BCUT2D eigenvalue weighted by atomic mass is 10.1. The van der Waals surface area contributed by atoms with Gasteiger partial charge in [0, 0.05) is 17.8 Å². The minimum atomic E-state index is -0.122. The van der Waals surface area contributed by atoms with Gasteiger partial charge in [0.05, 0.1) is 29.7 Å². The van der Waals surface area contributed by atoms with Crippen LogP contribution in [0.4, 0.5) is 0 Å². The average Bonchev–Trinajstić information content (AvgIpc) is 3.19. The molecule has 0 fully saturated rings. The first-order chi connectivity index (χ1) is 11.2. The lowest BCUT2D eigenvalue weighted by Crippen LogP contribution is -2.32. The first kappa shape index (κ1) is 15.4. The van der Waals surface area contributed by atoms with Gasteiger partial charge >= 0.3 is 0 Å². The van der Waals surface area contributed by atoms with E-state index in [2.05, 4.69) is 15.4 Å². The van der Waals surface area contributed by atoms with Gasteiger partial charge in [-0.3, -0.25) is 9.48 Å². The SMILES string of the molecule is Cc1nc(CC(=O)N[C@H](Cn2cccn2)c2ccccc2)cs1. The van der Waals surface area contributed by atoms with E-state index in [0.29, 0.717) is 13.0 Å². The second-order valence-electron chi connectivity index (χ2n) is 5.29. The van der Waals surface area contributed by atoms with Gasteiger partial charge in [0.25, 0.3) is 0 Å². The monoisotopic (exact) mass is 326 g/mol. The number of nitrogens with one attached hydrogen (secondary N) is 1. The van der Waals surface area contributed by atoms with Crippen LogP contribution in [0, 0.1) is 6.92 Å². The molecule has 1 N–H and O–H groups in total. The van der Waals surface area contributed by atoms with E-state index < -0.39 is 0 Å². The van der Waals surface area contributed by atoms with E-state index in [4.69, 9.17) is 0 Å². The summed E-state index contributed by atoms with van der Waals surface area (Å²) in [6.07, 6.45) is 3.93. The number of thiazole rings is 1. The van der Waals surface area contributed by atoms with Crippen LogP contribution in [0.15, 0.2) is 54.2 Å². The van der Waals surface area contributed by atoms with E-state index in [1.807, 2.05) is 59.6 Å². The highest BCUT2D eigenvalue weighted by Gasteiger charge is 2.16. The number of aryl methyl sites for hydroxylation is 1. The molecule has 3 rings (SSSR count). The Kier molecular flexibility index (Phi) is 4.83. The van der Waals surface area contributed by atoms with E-state index in [1.165, 1.54) is 0 Å². The molecule has 3 aromatic rings. The number of rotatable bonds is 6. The number of amides is 1. The molecule has 0 aliphatic rings. The molecule has 2 heterocycles. The molecule has 0 saturated carbocycles. The third-order valence-electron chi connectivity index (χ3n) is 3.47. The summed E-state index contributed by atoms with van der Waals surface area (Å²) in [7, 11) is 0. The van der Waals surface area contributed by atoms with Gasteiger partial charge in [0.15, 0.2) is 0 Å². The number of nitrogens with zero attached hydrogens (tertiary/aromatic N) is 3. The molecule has 0 radical (unpaired) electrons. The molecule has 0 aliphatic heterocycles. The van der Waals surface area contributed by atoms with Crippen LogP contribution in [0.3, 0.4) is 0 Å². The molecule has 0 unspecified atom stereocenters. The normalized spacial score (nSPS) is 12.0. The topological polar surface area (TPSA) is 59.8 Å². The van der Waals surface area contributed by atoms with Crippen molar-refractivity contribution >= 4 is 17.2 Å². The summed E-state index contributed by atoms with van der Waals surface area (Å²) in [4.78, 5) is 16.7. The molecule has 0 spiro atoms. The summed E-state index contributed by atoms with van der Waals surface area (Å²) in [6.45, 7) is 2.54. The predicted molar refractivity (Wildman–Crippen MR) is 90.1 cm³/mol. The van der Waals surface area contributed by atoms with Crippen molar-refractivity contribution in [2.24, 2.45) is 0 Å². The molecule has 5 nitrogen and oxygen atoms in total. The zero-order chi connectivity index (χ0) is 16.1. The average molecular weight is 326 g/mol. The largest absolute Gasteiger partial charge is 0.347 e. The third-order valence-corrected chi connectivity index (χ3v) is 4.30. The summed E-state index contributed by atoms with van der Waals surface area (Å²) >= 11 is 1.56. The molecule has 1 amide bonds. The summed E-state index contributed by atoms with van der Waals surface area (Å²) in [6, 6.07) is 11.7. The van der Waals surface area contributed by atoms with Crippen LogP contribution in [-0.4, -0.2) is 20.7 Å². The van der Waals surface area contributed by atoms with Crippen molar-refractivity contribution in [3.05, 3.63) is 70.4 Å². The predicted octanol–water partition coefficient (Wildman–Crippen LogP) is 2.75. The van der Waals surface area contributed by atoms with Gasteiger partial charge < -0.3 is 5.32 Å². The van der Waals surface area contributed by atoms with E-state index in [-0.39, 0.29) is 11.9 Å². The smallest absolute Gasteiger partial charge is 0.226 e. The summed E-state index contributed by atoms with van der Waals surface area (Å²) < 4.78 is 1.82. The Morgan fingerprint density at radius 3 is 2.78 bits per heavy atom. The Balaban J connectivity index is 1.71. The Labute approximate surface area is 139 Å². The number of carbonyl (C=O) groups is 1. The van der Waals surface area contributed by atoms with Crippen molar-refractivity contribution in [1.29, 1.82) is 0 Å². The van der Waals surface area contributed by atoms with Gasteiger partial charge in [-0.15, -0.1) is 11.3 Å². The zero-order valence-electron chi connectivity index (χ0n) is 12.8. The van der Waals surface area contributed by atoms with E-state index >= 15 is 0 Å². The highest BCUT2D eigenvalue weighted by molar-refractivity contribution is 7.09. The van der Waals surface area contributed by atoms with Gasteiger partial charge in [0.1, 0.15) is 0 Å². The van der Waals surface area contributed by atoms with Crippen LogP contribution in [0.25, 0.3) is 0 Å². The highest BCUT2D eigenvalue weighted by Crippen LogP contribution is 2.15. The van der Waals surface area contributed by atoms with Crippen molar-refractivity contribution in [3.8, 4) is 0 Å². The molecule has 0 bridgehead atoms. The Morgan fingerprint density at radius 2 is 2.13 bits per heavy atom. The number of aromatic nitrogens is 3. The lowest BCUT2D eigenvalue weighted by molar-refractivity contribution is -0.121. The second-order valence-corrected chi connectivity index (χ2v) is 6.36. The second kappa shape index (κ2) is 7.19. The molecular weight excluding hydrogens is 308 g/mol. The van der Waals surface area contributed by atoms with E-state index in [1.54, 1.807) is 17.5 Å². The minimum absolute atomic E-state index is 0.0312. The Bertz CT molecular complexity index is 752. The zero-order valence-corrected chi connectivity index (χ0v) is 13.7. The quantitative estimate of drug-likeness (QED) is 0.758. The number of hydrogen-bond donors (Lipinski definition) is 1. The maximum Gasteiger partial charge on any atom is 0.226 e. The van der Waals surface area contributed by atoms with Crippen molar-refractivity contribution in [3.63, 3.8) is 0 Å². The van der Waals surface area contributed by atoms with Crippen LogP contribution in [0.2, 0.25) is 0 Å². The van der Waals surface area contributed by atoms with Crippen molar-refractivity contribution < 1.29 is 4.79 Å². The maximum atomic E-state index is 12.4. The van der Waals surface area contributed by atoms with Gasteiger partial charge in [0.2, 0.25) is 5.91 Å². The molecule has 2 aromatic heterocycles. The molecule has 118 valence electrons. The highest BCUT2D eigenvalue weighted by atomic mass is 32.1. The Hall–Kier alpha value is -2.47. The summed E-state index contributed by atoms with van der Waals surface area (Å²) in [5, 5.41) is 10.2. The molecule has 1 atom stereocenters. The maximum absolute atomic E-state index is 12.4. The molecule has 23 heavy (non-hydrogen) atoms. The summed E-state index contributed by atoms with van der Waals surface area (Å²) in [5.74, 6) is -0.0312. The fourth-order valence-electron chi connectivity index (χ4n) is 2.41. The van der Waals surface area contributed by atoms with Gasteiger partial charge in [-0.25, -0.2) is 4.98 Å². The fraction of sp³-hybridized carbons (Fsp3) is 0.235. The first-order valence-corrected chi connectivity index (χ1v) is 8.31. The molecular formula is C17H18N4OS. The van der Waals surface area contributed by atoms with E-state index in [0.717, 1.165) is 16.3 Å². The van der Waals surface area contributed by atoms with Crippen molar-refractivity contribution in [2.75, 3.05) is 0 Å². The lowest BCUT2D eigenvalue weighted by Gasteiger charge is -2.19. The number of benzene rings is 1.